The Kier molecular flexibility index (Phi) is 5.19. The molecule has 2 aromatic rings. The van der Waals surface area contributed by atoms with Crippen molar-refractivity contribution in [1.82, 2.24) is 0 Å². The first-order valence-electron chi connectivity index (χ1n) is 7.07. The van der Waals surface area contributed by atoms with Gasteiger partial charge in [-0.1, -0.05) is 12.1 Å². The molecule has 0 unspecified atom stereocenters. The number of anilines is 1. The summed E-state index contributed by atoms with van der Waals surface area (Å²) < 4.78 is 5.34. The molecule has 6 heteroatoms. The Morgan fingerprint density at radius 2 is 1.96 bits per heavy atom. The van der Waals surface area contributed by atoms with Crippen molar-refractivity contribution in [2.24, 2.45) is 0 Å². The molecule has 6 nitrogen and oxygen atoms in total. The first-order chi connectivity index (χ1) is 11.0. The fourth-order valence-electron chi connectivity index (χ4n) is 2.06. The predicted octanol–water partition coefficient (Wildman–Crippen LogP) is 2.67. The van der Waals surface area contributed by atoms with Gasteiger partial charge in [0.25, 0.3) is 5.91 Å². The van der Waals surface area contributed by atoms with E-state index in [0.29, 0.717) is 23.5 Å². The van der Waals surface area contributed by atoms with Gasteiger partial charge in [0.2, 0.25) is 0 Å². The van der Waals surface area contributed by atoms with Crippen LogP contribution in [0.4, 0.5) is 5.69 Å². The lowest BCUT2D eigenvalue weighted by atomic mass is 10.1. The Labute approximate surface area is 133 Å². The predicted molar refractivity (Wildman–Crippen MR) is 85.0 cm³/mol. The van der Waals surface area contributed by atoms with E-state index in [-0.39, 0.29) is 17.9 Å². The molecule has 0 saturated carbocycles. The molecule has 0 saturated heterocycles. The van der Waals surface area contributed by atoms with Gasteiger partial charge in [0.15, 0.2) is 0 Å². The smallest absolute Gasteiger partial charge is 0.307 e. The first kappa shape index (κ1) is 16.4. The van der Waals surface area contributed by atoms with E-state index in [9.17, 15) is 14.7 Å². The Morgan fingerprint density at radius 3 is 2.65 bits per heavy atom. The third-order valence-electron chi connectivity index (χ3n) is 3.07. The molecule has 2 aromatic carbocycles. The Hall–Kier alpha value is -3.02. The number of amides is 1. The lowest BCUT2D eigenvalue weighted by Gasteiger charge is -2.10. The van der Waals surface area contributed by atoms with Crippen LogP contribution in [0.15, 0.2) is 42.5 Å². The van der Waals surface area contributed by atoms with Crippen LogP contribution in [0.25, 0.3) is 0 Å². The van der Waals surface area contributed by atoms with Gasteiger partial charge in [0.05, 0.1) is 18.7 Å². The van der Waals surface area contributed by atoms with Crippen LogP contribution in [-0.4, -0.2) is 28.7 Å². The number of hydrogen-bond donors (Lipinski definition) is 3. The number of carbonyl (C=O) groups excluding carboxylic acids is 1. The number of carboxylic acid groups (broad SMARTS) is 1. The maximum atomic E-state index is 12.3. The minimum atomic E-state index is -0.989. The van der Waals surface area contributed by atoms with Crippen LogP contribution in [0, 0.1) is 0 Å². The second kappa shape index (κ2) is 7.31. The summed E-state index contributed by atoms with van der Waals surface area (Å²) >= 11 is 0. The lowest BCUT2D eigenvalue weighted by molar-refractivity contribution is -0.136. The summed E-state index contributed by atoms with van der Waals surface area (Å²) in [7, 11) is 0. The molecule has 3 N–H and O–H groups in total. The number of aromatic hydroxyl groups is 1. The van der Waals surface area contributed by atoms with Crippen LogP contribution < -0.4 is 10.1 Å². The quantitative estimate of drug-likeness (QED) is 0.712. The maximum Gasteiger partial charge on any atom is 0.307 e. The summed E-state index contributed by atoms with van der Waals surface area (Å²) in [6.07, 6.45) is -0.191. The van der Waals surface area contributed by atoms with E-state index in [4.69, 9.17) is 9.84 Å². The van der Waals surface area contributed by atoms with E-state index in [0.717, 1.165) is 0 Å². The first-order valence-corrected chi connectivity index (χ1v) is 7.07. The van der Waals surface area contributed by atoms with Crippen LogP contribution >= 0.6 is 0 Å². The third-order valence-corrected chi connectivity index (χ3v) is 3.07. The van der Waals surface area contributed by atoms with Gasteiger partial charge in [0.1, 0.15) is 11.5 Å². The van der Waals surface area contributed by atoms with E-state index in [2.05, 4.69) is 5.32 Å². The molecule has 1 amide bonds. The van der Waals surface area contributed by atoms with Crippen LogP contribution in [0.3, 0.4) is 0 Å². The molecule has 0 spiro atoms. The molecule has 0 aliphatic rings. The fourth-order valence-corrected chi connectivity index (χ4v) is 2.06. The van der Waals surface area contributed by atoms with E-state index < -0.39 is 11.9 Å². The number of phenols is 1. The molecule has 0 aromatic heterocycles. The van der Waals surface area contributed by atoms with Crippen LogP contribution in [0.5, 0.6) is 11.5 Å². The van der Waals surface area contributed by atoms with Crippen molar-refractivity contribution < 1.29 is 24.5 Å². The highest BCUT2D eigenvalue weighted by Crippen LogP contribution is 2.25. The van der Waals surface area contributed by atoms with Crippen LogP contribution in [0.1, 0.15) is 22.8 Å². The molecule has 0 radical (unpaired) electrons. The van der Waals surface area contributed by atoms with Crippen molar-refractivity contribution in [2.75, 3.05) is 11.9 Å². The summed E-state index contributed by atoms with van der Waals surface area (Å²) in [6, 6.07) is 10.9. The Morgan fingerprint density at radius 1 is 1.17 bits per heavy atom. The Balaban J connectivity index is 2.19. The molecule has 0 heterocycles. The summed E-state index contributed by atoms with van der Waals surface area (Å²) in [5, 5.41) is 21.2. The zero-order chi connectivity index (χ0) is 16.8. The molecular formula is C17H17NO5. The molecule has 0 fully saturated rings. The molecule has 120 valence electrons. The van der Waals surface area contributed by atoms with Crippen molar-refractivity contribution in [3.8, 4) is 11.5 Å². The van der Waals surface area contributed by atoms with Crippen molar-refractivity contribution in [3.63, 3.8) is 0 Å². The Bertz CT molecular complexity index is 727. The van der Waals surface area contributed by atoms with Gasteiger partial charge in [-0.15, -0.1) is 0 Å². The highest BCUT2D eigenvalue weighted by atomic mass is 16.5. The zero-order valence-electron chi connectivity index (χ0n) is 12.6. The van der Waals surface area contributed by atoms with Gasteiger partial charge in [-0.25, -0.2) is 0 Å². The number of aliphatic carboxylic acids is 1. The average Bonchev–Trinajstić information content (AvgIpc) is 2.50. The van der Waals surface area contributed by atoms with E-state index in [1.165, 1.54) is 18.2 Å². The molecule has 0 aliphatic carbocycles. The molecule has 0 aliphatic heterocycles. The van der Waals surface area contributed by atoms with Gasteiger partial charge in [-0.2, -0.15) is 0 Å². The van der Waals surface area contributed by atoms with E-state index in [1.807, 2.05) is 6.92 Å². The van der Waals surface area contributed by atoms with Gasteiger partial charge < -0.3 is 20.3 Å². The third kappa shape index (κ3) is 4.47. The minimum absolute atomic E-state index is 0.131. The average molecular weight is 315 g/mol. The molecule has 2 rings (SSSR count). The largest absolute Gasteiger partial charge is 0.506 e. The monoisotopic (exact) mass is 315 g/mol. The van der Waals surface area contributed by atoms with Gasteiger partial charge >= 0.3 is 5.97 Å². The van der Waals surface area contributed by atoms with Crippen molar-refractivity contribution in [1.29, 1.82) is 0 Å². The molecular weight excluding hydrogens is 298 g/mol. The van der Waals surface area contributed by atoms with E-state index in [1.54, 1.807) is 24.3 Å². The fraction of sp³-hybridized carbons (Fsp3) is 0.176. The van der Waals surface area contributed by atoms with Crippen LogP contribution in [0.2, 0.25) is 0 Å². The number of rotatable bonds is 6. The zero-order valence-corrected chi connectivity index (χ0v) is 12.6. The summed E-state index contributed by atoms with van der Waals surface area (Å²) in [5.74, 6) is -0.968. The lowest BCUT2D eigenvalue weighted by Crippen LogP contribution is -2.12. The van der Waals surface area contributed by atoms with Crippen molar-refractivity contribution >= 4 is 17.6 Å². The minimum Gasteiger partial charge on any atom is -0.506 e. The molecule has 0 bridgehead atoms. The maximum absolute atomic E-state index is 12.3. The number of carbonyl (C=O) groups is 2. The number of ether oxygens (including phenoxy) is 1. The normalized spacial score (nSPS) is 10.1. The topological polar surface area (TPSA) is 95.9 Å². The van der Waals surface area contributed by atoms with Crippen molar-refractivity contribution in [2.45, 2.75) is 13.3 Å². The number of phenolic OH excluding ortho intramolecular Hbond substituents is 1. The van der Waals surface area contributed by atoms with Crippen molar-refractivity contribution in [3.05, 3.63) is 53.6 Å². The number of nitrogens with one attached hydrogen (secondary N) is 1. The standard InChI is InChI=1S/C17H17NO5/c1-2-23-13-5-3-4-12(10-13)17(22)18-14-8-11(9-16(20)21)6-7-15(14)19/h3-8,10,19H,2,9H2,1H3,(H,18,22)(H,20,21). The number of benzene rings is 2. The summed E-state index contributed by atoms with van der Waals surface area (Å²) in [5.41, 5.74) is 1.02. The number of carboxylic acids is 1. The summed E-state index contributed by atoms with van der Waals surface area (Å²) in [4.78, 5) is 23.0. The second-order valence-electron chi connectivity index (χ2n) is 4.84. The SMILES string of the molecule is CCOc1cccc(C(=O)Nc2cc(CC(=O)O)ccc2O)c1. The van der Waals surface area contributed by atoms with Gasteiger partial charge in [-0.3, -0.25) is 9.59 Å². The number of hydrogen-bond acceptors (Lipinski definition) is 4. The van der Waals surface area contributed by atoms with E-state index >= 15 is 0 Å². The van der Waals surface area contributed by atoms with Crippen LogP contribution in [-0.2, 0) is 11.2 Å². The second-order valence-corrected chi connectivity index (χ2v) is 4.84. The van der Waals surface area contributed by atoms with Gasteiger partial charge in [0, 0.05) is 5.56 Å². The molecule has 0 atom stereocenters. The highest BCUT2D eigenvalue weighted by Gasteiger charge is 2.11. The highest BCUT2D eigenvalue weighted by molar-refractivity contribution is 6.05. The molecule has 23 heavy (non-hydrogen) atoms. The summed E-state index contributed by atoms with van der Waals surface area (Å²) in [6.45, 7) is 2.34. The van der Waals surface area contributed by atoms with Gasteiger partial charge in [-0.05, 0) is 42.8 Å².